The molecule has 0 aliphatic heterocycles. The lowest BCUT2D eigenvalue weighted by molar-refractivity contribution is -0.114. The van der Waals surface area contributed by atoms with Crippen LogP contribution in [0.1, 0.15) is 22.6 Å². The second kappa shape index (κ2) is 8.81. The molecule has 31 heavy (non-hydrogen) atoms. The molecule has 3 rings (SSSR count). The van der Waals surface area contributed by atoms with Crippen LogP contribution < -0.4 is 14.4 Å². The van der Waals surface area contributed by atoms with Gasteiger partial charge < -0.3 is 14.6 Å². The molecule has 0 bridgehead atoms. The summed E-state index contributed by atoms with van der Waals surface area (Å²) in [5.41, 5.74) is 3.12. The molecule has 1 heterocycles. The molecule has 0 radical (unpaired) electrons. The number of anilines is 2. The number of ether oxygens (including phenoxy) is 1. The van der Waals surface area contributed by atoms with E-state index in [4.69, 9.17) is 9.26 Å². The van der Waals surface area contributed by atoms with Crippen LogP contribution in [-0.4, -0.2) is 33.1 Å². The van der Waals surface area contributed by atoms with Gasteiger partial charge in [-0.25, -0.2) is 8.42 Å². The fourth-order valence-electron chi connectivity index (χ4n) is 3.22. The van der Waals surface area contributed by atoms with Crippen LogP contribution in [-0.2, 0) is 14.8 Å². The van der Waals surface area contributed by atoms with Gasteiger partial charge in [-0.15, -0.1) is 0 Å². The number of nitrogens with zero attached hydrogens (tertiary/aromatic N) is 2. The molecule has 1 N–H and O–H groups in total. The van der Waals surface area contributed by atoms with Crippen LogP contribution in [0.25, 0.3) is 0 Å². The third-order valence-corrected chi connectivity index (χ3v) is 7.06. The van der Waals surface area contributed by atoms with E-state index >= 15 is 0 Å². The molecule has 164 valence electrons. The highest BCUT2D eigenvalue weighted by Gasteiger charge is 2.33. The van der Waals surface area contributed by atoms with Crippen molar-refractivity contribution in [3.05, 3.63) is 65.0 Å². The molecule has 0 aliphatic carbocycles. The van der Waals surface area contributed by atoms with E-state index in [1.165, 1.54) is 14.0 Å². The monoisotopic (exact) mass is 443 g/mol. The fraction of sp³-hybridized carbons (Fsp3) is 0.273. The summed E-state index contributed by atoms with van der Waals surface area (Å²) in [4.78, 5) is 12.8. The number of sulfonamides is 1. The molecule has 1 aromatic heterocycles. The van der Waals surface area contributed by atoms with Crippen molar-refractivity contribution in [1.29, 1.82) is 0 Å². The molecule has 9 heteroatoms. The molecule has 0 saturated carbocycles. The predicted octanol–water partition coefficient (Wildman–Crippen LogP) is 3.75. The molecule has 0 spiro atoms. The third kappa shape index (κ3) is 4.56. The van der Waals surface area contributed by atoms with Gasteiger partial charge in [-0.3, -0.25) is 9.10 Å². The van der Waals surface area contributed by atoms with Gasteiger partial charge in [-0.2, -0.15) is 0 Å². The lowest BCUT2D eigenvalue weighted by Crippen LogP contribution is -2.38. The lowest BCUT2D eigenvalue weighted by Gasteiger charge is -2.24. The fourth-order valence-corrected chi connectivity index (χ4v) is 4.94. The normalized spacial score (nSPS) is 11.3. The minimum Gasteiger partial charge on any atom is -0.497 e. The second-order valence-corrected chi connectivity index (χ2v) is 8.96. The largest absolute Gasteiger partial charge is 0.497 e. The molecule has 1 amide bonds. The quantitative estimate of drug-likeness (QED) is 0.597. The Balaban J connectivity index is 1.99. The second-order valence-electron chi connectivity index (χ2n) is 7.16. The molecular weight excluding hydrogens is 418 g/mol. The Morgan fingerprint density at radius 1 is 1.10 bits per heavy atom. The molecule has 0 fully saturated rings. The highest BCUT2D eigenvalue weighted by molar-refractivity contribution is 7.93. The minimum atomic E-state index is -4.12. The van der Waals surface area contributed by atoms with Crippen molar-refractivity contribution >= 4 is 27.3 Å². The maximum Gasteiger partial charge on any atom is 0.270 e. The zero-order valence-corrected chi connectivity index (χ0v) is 18.9. The maximum absolute atomic E-state index is 13.5. The van der Waals surface area contributed by atoms with Gasteiger partial charge in [0.1, 0.15) is 18.0 Å². The van der Waals surface area contributed by atoms with Gasteiger partial charge in [0, 0.05) is 5.69 Å². The maximum atomic E-state index is 13.5. The van der Waals surface area contributed by atoms with Crippen molar-refractivity contribution in [1.82, 2.24) is 5.16 Å². The average molecular weight is 444 g/mol. The number of aromatic nitrogens is 1. The Bertz CT molecular complexity index is 1180. The van der Waals surface area contributed by atoms with Crippen molar-refractivity contribution in [2.45, 2.75) is 32.6 Å². The summed E-state index contributed by atoms with van der Waals surface area (Å²) in [6.07, 6.45) is 0. The van der Waals surface area contributed by atoms with Gasteiger partial charge in [-0.1, -0.05) is 17.3 Å². The van der Waals surface area contributed by atoms with E-state index in [9.17, 15) is 13.2 Å². The van der Waals surface area contributed by atoms with Crippen LogP contribution in [0, 0.1) is 27.7 Å². The number of methoxy groups -OCH3 is 1. The first-order valence-corrected chi connectivity index (χ1v) is 11.0. The van der Waals surface area contributed by atoms with Crippen LogP contribution in [0.4, 0.5) is 11.4 Å². The molecule has 2 aromatic carbocycles. The predicted molar refractivity (Wildman–Crippen MR) is 118 cm³/mol. The highest BCUT2D eigenvalue weighted by Crippen LogP contribution is 2.29. The molecule has 0 aliphatic rings. The molecule has 0 atom stereocenters. The van der Waals surface area contributed by atoms with Gasteiger partial charge in [0.2, 0.25) is 5.91 Å². The van der Waals surface area contributed by atoms with Crippen molar-refractivity contribution < 1.29 is 22.5 Å². The molecule has 0 saturated heterocycles. The number of benzene rings is 2. The molecule has 0 unspecified atom stereocenters. The van der Waals surface area contributed by atoms with Gasteiger partial charge in [0.05, 0.1) is 12.8 Å². The SMILES string of the molecule is COc1ccc(N(CC(=O)Nc2cccc(C)c2C)S(=O)(=O)c2c(C)noc2C)cc1. The summed E-state index contributed by atoms with van der Waals surface area (Å²) >= 11 is 0. The molecule has 3 aromatic rings. The number of amides is 1. The van der Waals surface area contributed by atoms with Crippen LogP contribution >= 0.6 is 0 Å². The number of rotatable bonds is 7. The van der Waals surface area contributed by atoms with Crippen LogP contribution in [0.3, 0.4) is 0 Å². The Morgan fingerprint density at radius 3 is 2.35 bits per heavy atom. The van der Waals surface area contributed by atoms with E-state index in [0.29, 0.717) is 17.1 Å². The van der Waals surface area contributed by atoms with E-state index in [2.05, 4.69) is 10.5 Å². The van der Waals surface area contributed by atoms with Crippen LogP contribution in [0.5, 0.6) is 5.75 Å². The molecule has 8 nitrogen and oxygen atoms in total. The first kappa shape index (κ1) is 22.4. The highest BCUT2D eigenvalue weighted by atomic mass is 32.2. The minimum absolute atomic E-state index is 0.0529. The van der Waals surface area contributed by atoms with Crippen molar-refractivity contribution in [2.24, 2.45) is 0 Å². The first-order valence-electron chi connectivity index (χ1n) is 9.61. The van der Waals surface area contributed by atoms with Crippen molar-refractivity contribution in [2.75, 3.05) is 23.3 Å². The first-order chi connectivity index (χ1) is 14.6. The summed E-state index contributed by atoms with van der Waals surface area (Å²) in [5.74, 6) is 0.254. The van der Waals surface area contributed by atoms with Crippen LogP contribution in [0.2, 0.25) is 0 Å². The topological polar surface area (TPSA) is 102 Å². The van der Waals surface area contributed by atoms with Gasteiger partial charge in [0.15, 0.2) is 10.7 Å². The summed E-state index contributed by atoms with van der Waals surface area (Å²) in [5, 5.41) is 6.56. The number of aryl methyl sites for hydroxylation is 3. The summed E-state index contributed by atoms with van der Waals surface area (Å²) in [6, 6.07) is 12.0. The Morgan fingerprint density at radius 2 is 1.77 bits per heavy atom. The van der Waals surface area contributed by atoms with Crippen LogP contribution in [0.15, 0.2) is 51.9 Å². The zero-order valence-electron chi connectivity index (χ0n) is 18.1. The Kier molecular flexibility index (Phi) is 6.35. The zero-order chi connectivity index (χ0) is 22.8. The van der Waals surface area contributed by atoms with E-state index in [1.54, 1.807) is 37.3 Å². The average Bonchev–Trinajstić information content (AvgIpc) is 3.08. The van der Waals surface area contributed by atoms with Gasteiger partial charge in [0.25, 0.3) is 10.0 Å². The molecular formula is C22H25N3O5S. The van der Waals surface area contributed by atoms with E-state index in [-0.39, 0.29) is 16.3 Å². The number of carbonyl (C=O) groups is 1. The standard InChI is InChI=1S/C22H25N3O5S/c1-14-7-6-8-20(15(14)2)23-21(26)13-25(18-9-11-19(29-5)12-10-18)31(27,28)22-16(3)24-30-17(22)4/h6-12H,13H2,1-5H3,(H,23,26). The lowest BCUT2D eigenvalue weighted by atomic mass is 10.1. The van der Waals surface area contributed by atoms with E-state index < -0.39 is 22.5 Å². The third-order valence-electron chi connectivity index (χ3n) is 5.04. The number of hydrogen-bond acceptors (Lipinski definition) is 6. The van der Waals surface area contributed by atoms with E-state index in [1.807, 2.05) is 26.0 Å². The smallest absolute Gasteiger partial charge is 0.270 e. The van der Waals surface area contributed by atoms with Gasteiger partial charge in [-0.05, 0) is 69.2 Å². The van der Waals surface area contributed by atoms with Crippen molar-refractivity contribution in [3.8, 4) is 5.75 Å². The summed E-state index contributed by atoms with van der Waals surface area (Å²) < 4.78 is 38.3. The van der Waals surface area contributed by atoms with Crippen molar-refractivity contribution in [3.63, 3.8) is 0 Å². The number of hydrogen-bond donors (Lipinski definition) is 1. The number of carbonyl (C=O) groups excluding carboxylic acids is 1. The summed E-state index contributed by atoms with van der Waals surface area (Å²) in [7, 11) is -2.60. The Hall–Kier alpha value is -3.33. The Labute approximate surface area is 181 Å². The van der Waals surface area contributed by atoms with Gasteiger partial charge >= 0.3 is 0 Å². The number of nitrogens with one attached hydrogen (secondary N) is 1. The summed E-state index contributed by atoms with van der Waals surface area (Å²) in [6.45, 7) is 6.48. The van der Waals surface area contributed by atoms with E-state index in [0.717, 1.165) is 15.4 Å².